The van der Waals surface area contributed by atoms with Crippen molar-refractivity contribution < 1.29 is 24.5 Å². The monoisotopic (exact) mass is 394 g/mol. The number of aliphatic hydroxyl groups is 2. The number of rotatable bonds is 13. The van der Waals surface area contributed by atoms with Gasteiger partial charge in [-0.3, -0.25) is 4.79 Å². The van der Waals surface area contributed by atoms with E-state index in [2.05, 4.69) is 30.7 Å². The maximum absolute atomic E-state index is 12.2. The van der Waals surface area contributed by atoms with Crippen LogP contribution in [0.25, 0.3) is 0 Å². The fraction of sp³-hybridized carbons (Fsp3) is 0.739. The lowest BCUT2D eigenvalue weighted by Gasteiger charge is -2.15. The van der Waals surface area contributed by atoms with Gasteiger partial charge < -0.3 is 14.9 Å². The Kier molecular flexibility index (Phi) is 11.6. The SMILES string of the molecule is CCCC[C@H](C)CC/C=C/[C@H]1CCC(=O)[C@@H]1CCCC/C(O)=C(\O)C(=O)OC. The number of allylic oxidation sites excluding steroid dienone is 3. The summed E-state index contributed by atoms with van der Waals surface area (Å²) in [5.74, 6) is -0.527. The van der Waals surface area contributed by atoms with E-state index in [9.17, 15) is 19.8 Å². The first-order valence-electron chi connectivity index (χ1n) is 10.8. The first-order valence-corrected chi connectivity index (χ1v) is 10.8. The third kappa shape index (κ3) is 8.49. The molecule has 0 aromatic carbocycles. The van der Waals surface area contributed by atoms with Gasteiger partial charge in [0.25, 0.3) is 0 Å². The zero-order valence-corrected chi connectivity index (χ0v) is 17.8. The molecular weight excluding hydrogens is 356 g/mol. The topological polar surface area (TPSA) is 83.8 Å². The Bertz CT molecular complexity index is 549. The molecule has 0 aliphatic heterocycles. The van der Waals surface area contributed by atoms with Gasteiger partial charge in [0.15, 0.2) is 0 Å². The molecule has 1 aliphatic rings. The molecule has 0 saturated heterocycles. The van der Waals surface area contributed by atoms with Gasteiger partial charge in [-0.15, -0.1) is 0 Å². The third-order valence-corrected chi connectivity index (χ3v) is 5.75. The number of Topliss-reactive ketones (excluding diaryl/α,β-unsaturated/α-hetero) is 1. The maximum atomic E-state index is 12.2. The Hall–Kier alpha value is -1.78. The number of hydrogen-bond acceptors (Lipinski definition) is 5. The van der Waals surface area contributed by atoms with Crippen molar-refractivity contribution in [2.24, 2.45) is 17.8 Å². The first-order chi connectivity index (χ1) is 13.4. The molecule has 1 aliphatic carbocycles. The smallest absolute Gasteiger partial charge is 0.376 e. The van der Waals surface area contributed by atoms with E-state index in [0.717, 1.165) is 38.7 Å². The molecule has 0 spiro atoms. The number of hydrogen-bond donors (Lipinski definition) is 2. The zero-order valence-electron chi connectivity index (χ0n) is 17.8. The molecule has 160 valence electrons. The molecule has 0 radical (unpaired) electrons. The van der Waals surface area contributed by atoms with Crippen LogP contribution in [0.4, 0.5) is 0 Å². The molecule has 5 nitrogen and oxygen atoms in total. The van der Waals surface area contributed by atoms with Crippen molar-refractivity contribution in [2.45, 2.75) is 84.5 Å². The normalized spacial score (nSPS) is 21.8. The highest BCUT2D eigenvalue weighted by Gasteiger charge is 2.32. The summed E-state index contributed by atoms with van der Waals surface area (Å²) in [6.07, 6.45) is 14.6. The molecule has 1 rings (SSSR count). The molecule has 0 amide bonds. The molecule has 0 bridgehead atoms. The molecule has 1 saturated carbocycles. The van der Waals surface area contributed by atoms with Crippen LogP contribution >= 0.6 is 0 Å². The third-order valence-electron chi connectivity index (χ3n) is 5.75. The number of methoxy groups -OCH3 is 1. The quantitative estimate of drug-likeness (QED) is 0.135. The van der Waals surface area contributed by atoms with Gasteiger partial charge >= 0.3 is 5.97 Å². The number of ketones is 1. The van der Waals surface area contributed by atoms with E-state index in [-0.39, 0.29) is 18.1 Å². The Balaban J connectivity index is 2.37. The molecule has 0 aromatic rings. The minimum absolute atomic E-state index is 0.0640. The van der Waals surface area contributed by atoms with Crippen molar-refractivity contribution in [3.63, 3.8) is 0 Å². The summed E-state index contributed by atoms with van der Waals surface area (Å²) < 4.78 is 4.37. The van der Waals surface area contributed by atoms with E-state index >= 15 is 0 Å². The fourth-order valence-corrected chi connectivity index (χ4v) is 3.88. The Labute approximate surface area is 169 Å². The van der Waals surface area contributed by atoms with Gasteiger partial charge in [-0.1, -0.05) is 51.7 Å². The molecule has 28 heavy (non-hydrogen) atoms. The van der Waals surface area contributed by atoms with Crippen LogP contribution in [-0.4, -0.2) is 29.1 Å². The van der Waals surface area contributed by atoms with Crippen molar-refractivity contribution in [1.29, 1.82) is 0 Å². The number of ether oxygens (including phenoxy) is 1. The molecule has 0 heterocycles. The summed E-state index contributed by atoms with van der Waals surface area (Å²) in [7, 11) is 1.15. The molecule has 2 N–H and O–H groups in total. The van der Waals surface area contributed by atoms with Crippen LogP contribution in [0.1, 0.15) is 84.5 Å². The van der Waals surface area contributed by atoms with E-state index in [1.807, 2.05) is 0 Å². The molecule has 0 aromatic heterocycles. The highest BCUT2D eigenvalue weighted by atomic mass is 16.5. The van der Waals surface area contributed by atoms with Crippen molar-refractivity contribution in [1.82, 2.24) is 0 Å². The van der Waals surface area contributed by atoms with E-state index in [1.165, 1.54) is 25.7 Å². The summed E-state index contributed by atoms with van der Waals surface area (Å²) >= 11 is 0. The van der Waals surface area contributed by atoms with Gasteiger partial charge in [-0.2, -0.15) is 0 Å². The van der Waals surface area contributed by atoms with E-state index < -0.39 is 11.7 Å². The van der Waals surface area contributed by atoms with Gasteiger partial charge in [-0.05, 0) is 43.9 Å². The van der Waals surface area contributed by atoms with Crippen LogP contribution in [0.2, 0.25) is 0 Å². The highest BCUT2D eigenvalue weighted by Crippen LogP contribution is 2.34. The lowest BCUT2D eigenvalue weighted by Crippen LogP contribution is -2.13. The summed E-state index contributed by atoms with van der Waals surface area (Å²) in [6.45, 7) is 4.54. The average Bonchev–Trinajstić information content (AvgIpc) is 3.04. The highest BCUT2D eigenvalue weighted by molar-refractivity contribution is 5.86. The number of esters is 1. The van der Waals surface area contributed by atoms with Crippen molar-refractivity contribution in [2.75, 3.05) is 7.11 Å². The van der Waals surface area contributed by atoms with Crippen LogP contribution in [0.5, 0.6) is 0 Å². The van der Waals surface area contributed by atoms with E-state index in [0.29, 0.717) is 24.5 Å². The number of unbranched alkanes of at least 4 members (excludes halogenated alkanes) is 2. The second-order valence-corrected chi connectivity index (χ2v) is 8.06. The van der Waals surface area contributed by atoms with Crippen LogP contribution in [0.3, 0.4) is 0 Å². The average molecular weight is 395 g/mol. The Morgan fingerprint density at radius 3 is 2.68 bits per heavy atom. The van der Waals surface area contributed by atoms with Gasteiger partial charge in [0.05, 0.1) is 7.11 Å². The van der Waals surface area contributed by atoms with Gasteiger partial charge in [0.1, 0.15) is 11.5 Å². The summed E-state index contributed by atoms with van der Waals surface area (Å²) in [5, 5.41) is 19.2. The minimum atomic E-state index is -0.933. The van der Waals surface area contributed by atoms with Gasteiger partial charge in [-0.25, -0.2) is 4.79 Å². The maximum Gasteiger partial charge on any atom is 0.376 e. The van der Waals surface area contributed by atoms with Crippen LogP contribution in [-0.2, 0) is 14.3 Å². The zero-order chi connectivity index (χ0) is 20.9. The summed E-state index contributed by atoms with van der Waals surface area (Å²) in [4.78, 5) is 23.4. The van der Waals surface area contributed by atoms with Crippen LogP contribution in [0, 0.1) is 17.8 Å². The van der Waals surface area contributed by atoms with Gasteiger partial charge in [0, 0.05) is 18.8 Å². The van der Waals surface area contributed by atoms with Crippen molar-refractivity contribution >= 4 is 11.8 Å². The van der Waals surface area contributed by atoms with Crippen molar-refractivity contribution in [3.8, 4) is 0 Å². The number of carbonyl (C=O) groups excluding carboxylic acids is 2. The van der Waals surface area contributed by atoms with Crippen molar-refractivity contribution in [3.05, 3.63) is 23.7 Å². The number of carbonyl (C=O) groups is 2. The molecule has 5 heteroatoms. The second kappa shape index (κ2) is 13.4. The minimum Gasteiger partial charge on any atom is -0.508 e. The lowest BCUT2D eigenvalue weighted by atomic mass is 9.89. The predicted molar refractivity (Wildman–Crippen MR) is 111 cm³/mol. The van der Waals surface area contributed by atoms with Gasteiger partial charge in [0.2, 0.25) is 5.76 Å². The Morgan fingerprint density at radius 1 is 1.25 bits per heavy atom. The fourth-order valence-electron chi connectivity index (χ4n) is 3.88. The predicted octanol–water partition coefficient (Wildman–Crippen LogP) is 5.81. The Morgan fingerprint density at radius 2 is 2.00 bits per heavy atom. The molecular formula is C23H38O5. The lowest BCUT2D eigenvalue weighted by molar-refractivity contribution is -0.139. The summed E-state index contributed by atoms with van der Waals surface area (Å²) in [6, 6.07) is 0. The van der Waals surface area contributed by atoms with Crippen LogP contribution < -0.4 is 0 Å². The van der Waals surface area contributed by atoms with E-state index in [4.69, 9.17) is 0 Å². The van der Waals surface area contributed by atoms with Crippen LogP contribution in [0.15, 0.2) is 23.7 Å². The van der Waals surface area contributed by atoms with E-state index in [1.54, 1.807) is 0 Å². The number of aliphatic hydroxyl groups excluding tert-OH is 2. The second-order valence-electron chi connectivity index (χ2n) is 8.06. The largest absolute Gasteiger partial charge is 0.508 e. The molecule has 3 atom stereocenters. The standard InChI is InChI=1S/C23H38O5/c1-4-5-10-17(2)11-6-7-12-18-15-16-20(24)19(18)13-8-9-14-21(25)22(26)23(27)28-3/h7,12,17-19,25-26H,4-6,8-11,13-16H2,1-3H3/b12-7+,22-21+/t17-,18-,19+/m0/s1. The first kappa shape index (κ1) is 24.3. The molecule has 1 fully saturated rings. The molecule has 0 unspecified atom stereocenters. The summed E-state index contributed by atoms with van der Waals surface area (Å²) in [5.41, 5.74) is 0.